The van der Waals surface area contributed by atoms with Crippen LogP contribution in [0.3, 0.4) is 0 Å². The molecule has 1 amide bonds. The summed E-state index contributed by atoms with van der Waals surface area (Å²) in [7, 11) is 0. The first-order valence-electron chi connectivity index (χ1n) is 5.96. The van der Waals surface area contributed by atoms with Crippen molar-refractivity contribution in [2.75, 3.05) is 5.32 Å². The highest BCUT2D eigenvalue weighted by Crippen LogP contribution is 2.32. The maximum atomic E-state index is 11.9. The first-order chi connectivity index (χ1) is 8.60. The summed E-state index contributed by atoms with van der Waals surface area (Å²) in [6.07, 6.45) is 2.41. The van der Waals surface area contributed by atoms with E-state index in [1.165, 1.54) is 11.3 Å². The summed E-state index contributed by atoms with van der Waals surface area (Å²) in [5.74, 6) is -1.56. The molecule has 0 spiro atoms. The van der Waals surface area contributed by atoms with Gasteiger partial charge in [0.05, 0.1) is 5.92 Å². The molecule has 2 unspecified atom stereocenters. The minimum absolute atomic E-state index is 0.141. The lowest BCUT2D eigenvalue weighted by Crippen LogP contribution is -2.21. The molecular formula is C11H15N3O3S. The molecular weight excluding hydrogens is 254 g/mol. The summed E-state index contributed by atoms with van der Waals surface area (Å²) >= 11 is 1.36. The predicted molar refractivity (Wildman–Crippen MR) is 66.4 cm³/mol. The number of aromatic nitrogens is 2. The fraction of sp³-hybridized carbons (Fsp3) is 0.636. The van der Waals surface area contributed by atoms with E-state index < -0.39 is 5.97 Å². The van der Waals surface area contributed by atoms with Crippen LogP contribution >= 0.6 is 11.3 Å². The van der Waals surface area contributed by atoms with Gasteiger partial charge in [0.1, 0.15) is 5.01 Å². The molecule has 0 bridgehead atoms. The highest BCUT2D eigenvalue weighted by atomic mass is 32.1. The third kappa shape index (κ3) is 2.84. The van der Waals surface area contributed by atoms with Gasteiger partial charge in [0.2, 0.25) is 11.0 Å². The van der Waals surface area contributed by atoms with E-state index in [1.807, 2.05) is 6.92 Å². The van der Waals surface area contributed by atoms with E-state index >= 15 is 0 Å². The fourth-order valence-corrected chi connectivity index (χ4v) is 2.78. The van der Waals surface area contributed by atoms with Gasteiger partial charge in [0.25, 0.3) is 0 Å². The molecule has 1 aromatic rings. The van der Waals surface area contributed by atoms with Crippen LogP contribution < -0.4 is 5.32 Å². The lowest BCUT2D eigenvalue weighted by atomic mass is 10.0. The van der Waals surface area contributed by atoms with Crippen molar-refractivity contribution >= 4 is 28.3 Å². The summed E-state index contributed by atoms with van der Waals surface area (Å²) in [6.45, 7) is 1.97. The number of aryl methyl sites for hydroxylation is 1. The van der Waals surface area contributed by atoms with E-state index in [1.54, 1.807) is 0 Å². The Balaban J connectivity index is 1.91. The Bertz CT molecular complexity index is 460. The normalized spacial score (nSPS) is 22.9. The first-order valence-corrected chi connectivity index (χ1v) is 6.77. The zero-order valence-corrected chi connectivity index (χ0v) is 10.9. The molecule has 2 N–H and O–H groups in total. The van der Waals surface area contributed by atoms with Gasteiger partial charge >= 0.3 is 5.97 Å². The number of nitrogens with one attached hydrogen (secondary N) is 1. The second-order valence-electron chi connectivity index (χ2n) is 4.39. The van der Waals surface area contributed by atoms with Gasteiger partial charge in [0, 0.05) is 5.92 Å². The second kappa shape index (κ2) is 5.43. The molecule has 0 radical (unpaired) electrons. The Hall–Kier alpha value is -1.50. The Morgan fingerprint density at radius 3 is 2.67 bits per heavy atom. The number of aliphatic carboxylic acids is 1. The van der Waals surface area contributed by atoms with Gasteiger partial charge in [-0.3, -0.25) is 9.59 Å². The molecule has 1 aliphatic rings. The smallest absolute Gasteiger partial charge is 0.306 e. The van der Waals surface area contributed by atoms with Crippen LogP contribution in [0.15, 0.2) is 0 Å². The molecule has 0 aliphatic heterocycles. The largest absolute Gasteiger partial charge is 0.481 e. The van der Waals surface area contributed by atoms with Crippen LogP contribution in [0, 0.1) is 11.8 Å². The number of carbonyl (C=O) groups is 2. The highest BCUT2D eigenvalue weighted by molar-refractivity contribution is 7.15. The summed E-state index contributed by atoms with van der Waals surface area (Å²) in [6, 6.07) is 0. The van der Waals surface area contributed by atoms with Crippen molar-refractivity contribution in [2.24, 2.45) is 11.8 Å². The van der Waals surface area contributed by atoms with Crippen molar-refractivity contribution in [3.63, 3.8) is 0 Å². The quantitative estimate of drug-likeness (QED) is 0.865. The molecule has 2 atom stereocenters. The Labute approximate surface area is 108 Å². The van der Waals surface area contributed by atoms with Crippen molar-refractivity contribution in [3.8, 4) is 0 Å². The number of carboxylic acids is 1. The molecule has 0 aromatic carbocycles. The molecule has 98 valence electrons. The van der Waals surface area contributed by atoms with Crippen LogP contribution in [-0.2, 0) is 16.0 Å². The van der Waals surface area contributed by atoms with Gasteiger partial charge in [-0.2, -0.15) is 0 Å². The van der Waals surface area contributed by atoms with Gasteiger partial charge < -0.3 is 10.4 Å². The molecule has 2 rings (SSSR count). The Morgan fingerprint density at radius 1 is 1.39 bits per heavy atom. The molecule has 18 heavy (non-hydrogen) atoms. The van der Waals surface area contributed by atoms with Crippen LogP contribution in [0.1, 0.15) is 31.2 Å². The minimum Gasteiger partial charge on any atom is -0.481 e. The number of amides is 1. The number of hydrogen-bond donors (Lipinski definition) is 2. The number of nitrogens with zero attached hydrogens (tertiary/aromatic N) is 2. The van der Waals surface area contributed by atoms with E-state index in [9.17, 15) is 9.59 Å². The van der Waals surface area contributed by atoms with Crippen LogP contribution in [0.25, 0.3) is 0 Å². The number of carboxylic acid groups (broad SMARTS) is 1. The van der Waals surface area contributed by atoms with Crippen molar-refractivity contribution in [1.29, 1.82) is 0 Å². The number of hydrogen-bond acceptors (Lipinski definition) is 5. The third-order valence-electron chi connectivity index (χ3n) is 3.15. The van der Waals surface area contributed by atoms with Gasteiger partial charge in [-0.1, -0.05) is 18.3 Å². The van der Waals surface area contributed by atoms with Crippen molar-refractivity contribution in [1.82, 2.24) is 10.2 Å². The van der Waals surface area contributed by atoms with Gasteiger partial charge in [-0.25, -0.2) is 0 Å². The predicted octanol–water partition coefficient (Wildman–Crippen LogP) is 1.54. The van der Waals surface area contributed by atoms with Crippen LogP contribution in [0.5, 0.6) is 0 Å². The van der Waals surface area contributed by atoms with E-state index in [2.05, 4.69) is 15.5 Å². The Morgan fingerprint density at radius 2 is 2.11 bits per heavy atom. The van der Waals surface area contributed by atoms with Gasteiger partial charge in [0.15, 0.2) is 0 Å². The SMILES string of the molecule is CCc1nnc(NC(=O)C2CCC(C(=O)O)C2)s1. The molecule has 6 nitrogen and oxygen atoms in total. The van der Waals surface area contributed by atoms with E-state index in [0.29, 0.717) is 24.4 Å². The van der Waals surface area contributed by atoms with Crippen molar-refractivity contribution < 1.29 is 14.7 Å². The monoisotopic (exact) mass is 269 g/mol. The summed E-state index contributed by atoms with van der Waals surface area (Å²) < 4.78 is 0. The zero-order chi connectivity index (χ0) is 13.1. The molecule has 1 aromatic heterocycles. The highest BCUT2D eigenvalue weighted by Gasteiger charge is 2.34. The minimum atomic E-state index is -0.811. The summed E-state index contributed by atoms with van der Waals surface area (Å²) in [4.78, 5) is 22.7. The molecule has 1 heterocycles. The van der Waals surface area contributed by atoms with Gasteiger partial charge in [-0.15, -0.1) is 10.2 Å². The average molecular weight is 269 g/mol. The standard InChI is InChI=1S/C11H15N3O3S/c1-2-8-13-14-11(18-8)12-9(15)6-3-4-7(5-6)10(16)17/h6-7H,2-5H2,1H3,(H,16,17)(H,12,14,15). The van der Waals surface area contributed by atoms with E-state index in [4.69, 9.17) is 5.11 Å². The van der Waals surface area contributed by atoms with E-state index in [0.717, 1.165) is 11.4 Å². The maximum absolute atomic E-state index is 11.9. The zero-order valence-electron chi connectivity index (χ0n) is 10.0. The molecule has 7 heteroatoms. The second-order valence-corrected chi connectivity index (χ2v) is 5.45. The third-order valence-corrected chi connectivity index (χ3v) is 4.14. The van der Waals surface area contributed by atoms with Crippen LogP contribution in [-0.4, -0.2) is 27.2 Å². The number of anilines is 1. The van der Waals surface area contributed by atoms with Crippen LogP contribution in [0.4, 0.5) is 5.13 Å². The fourth-order valence-electron chi connectivity index (χ4n) is 2.10. The van der Waals surface area contributed by atoms with Crippen LogP contribution in [0.2, 0.25) is 0 Å². The number of carbonyl (C=O) groups excluding carboxylic acids is 1. The molecule has 0 saturated heterocycles. The lowest BCUT2D eigenvalue weighted by Gasteiger charge is -2.07. The number of rotatable bonds is 4. The molecule has 1 saturated carbocycles. The van der Waals surface area contributed by atoms with Crippen molar-refractivity contribution in [3.05, 3.63) is 5.01 Å². The Kier molecular flexibility index (Phi) is 3.90. The molecule has 1 aliphatic carbocycles. The van der Waals surface area contributed by atoms with Gasteiger partial charge in [-0.05, 0) is 25.7 Å². The average Bonchev–Trinajstić information content (AvgIpc) is 2.97. The summed E-state index contributed by atoms with van der Waals surface area (Å²) in [5, 5.41) is 20.8. The first kappa shape index (κ1) is 12.9. The van der Waals surface area contributed by atoms with E-state index in [-0.39, 0.29) is 17.7 Å². The lowest BCUT2D eigenvalue weighted by molar-refractivity contribution is -0.141. The molecule has 1 fully saturated rings. The maximum Gasteiger partial charge on any atom is 0.306 e. The topological polar surface area (TPSA) is 92.2 Å². The summed E-state index contributed by atoms with van der Waals surface area (Å²) in [5.41, 5.74) is 0. The van der Waals surface area contributed by atoms with Crippen molar-refractivity contribution in [2.45, 2.75) is 32.6 Å².